The lowest BCUT2D eigenvalue weighted by atomic mass is 9.98. The molecule has 0 saturated carbocycles. The molecular weight excluding hydrogens is 330 g/mol. The van der Waals surface area contributed by atoms with E-state index in [0.717, 1.165) is 29.1 Å². The maximum atomic E-state index is 11.9. The summed E-state index contributed by atoms with van der Waals surface area (Å²) in [5.41, 5.74) is 1.26. The Hall–Kier alpha value is -0.880. The fourth-order valence-electron chi connectivity index (χ4n) is 1.66. The Morgan fingerprint density at radius 2 is 2.00 bits per heavy atom. The lowest BCUT2D eigenvalue weighted by Crippen LogP contribution is -2.30. The summed E-state index contributed by atoms with van der Waals surface area (Å²) in [4.78, 5) is 11.9. The molecule has 0 radical (unpaired) electrons. The van der Waals surface area contributed by atoms with Crippen molar-refractivity contribution in [3.8, 4) is 0 Å². The molecule has 1 amide bonds. The minimum absolute atomic E-state index is 0.411. The van der Waals surface area contributed by atoms with E-state index in [1.807, 2.05) is 10.8 Å². The van der Waals surface area contributed by atoms with Crippen LogP contribution in [-0.4, -0.2) is 20.6 Å². The third-order valence-corrected chi connectivity index (χ3v) is 3.63. The largest absolute Gasteiger partial charge is 0.268 e. The zero-order valence-corrected chi connectivity index (χ0v) is 13.6. The van der Waals surface area contributed by atoms with Gasteiger partial charge in [-0.2, -0.15) is 0 Å². The van der Waals surface area contributed by atoms with Crippen molar-refractivity contribution in [3.05, 3.63) is 33.8 Å². The number of rotatable bonds is 5. The van der Waals surface area contributed by atoms with Gasteiger partial charge in [-0.15, -0.1) is 0 Å². The molecule has 19 heavy (non-hydrogen) atoms. The standard InChI is InChI=1S/C13H18BrNO3S/c1-9(2)4-5-10-8-11(14)6-7-12(10)13(16)15-19(3,17)18/h6-9H,4-5H2,1-3H3,(H,15,16). The number of carbonyl (C=O) groups is 1. The minimum Gasteiger partial charge on any atom is -0.268 e. The number of sulfonamides is 1. The molecule has 0 aliphatic rings. The summed E-state index contributed by atoms with van der Waals surface area (Å²) in [7, 11) is -3.54. The fraction of sp³-hybridized carbons (Fsp3) is 0.462. The van der Waals surface area contributed by atoms with E-state index in [0.29, 0.717) is 11.5 Å². The second kappa shape index (κ2) is 6.52. The van der Waals surface area contributed by atoms with Crippen molar-refractivity contribution in [2.45, 2.75) is 26.7 Å². The maximum Gasteiger partial charge on any atom is 0.264 e. The summed E-state index contributed by atoms with van der Waals surface area (Å²) in [5, 5.41) is 0. The van der Waals surface area contributed by atoms with Crippen molar-refractivity contribution in [2.24, 2.45) is 5.92 Å². The molecule has 6 heteroatoms. The van der Waals surface area contributed by atoms with Gasteiger partial charge in [0.25, 0.3) is 5.91 Å². The van der Waals surface area contributed by atoms with E-state index in [4.69, 9.17) is 0 Å². The van der Waals surface area contributed by atoms with E-state index in [2.05, 4.69) is 29.8 Å². The number of aryl methyl sites for hydroxylation is 1. The summed E-state index contributed by atoms with van der Waals surface area (Å²) < 4.78 is 25.1. The van der Waals surface area contributed by atoms with Gasteiger partial charge in [-0.25, -0.2) is 13.1 Å². The lowest BCUT2D eigenvalue weighted by molar-refractivity contribution is 0.0980. The van der Waals surface area contributed by atoms with Crippen LogP contribution in [0.3, 0.4) is 0 Å². The molecule has 0 unspecified atom stereocenters. The van der Waals surface area contributed by atoms with Crippen LogP contribution in [0.5, 0.6) is 0 Å². The summed E-state index contributed by atoms with van der Waals surface area (Å²) >= 11 is 3.36. The van der Waals surface area contributed by atoms with Gasteiger partial charge in [0, 0.05) is 10.0 Å². The highest BCUT2D eigenvalue weighted by atomic mass is 79.9. The molecule has 0 bridgehead atoms. The molecule has 0 aromatic heterocycles. The number of hydrogen-bond acceptors (Lipinski definition) is 3. The SMILES string of the molecule is CC(C)CCc1cc(Br)ccc1C(=O)NS(C)(=O)=O. The van der Waals surface area contributed by atoms with Crippen LogP contribution >= 0.6 is 15.9 Å². The van der Waals surface area contributed by atoms with E-state index in [9.17, 15) is 13.2 Å². The highest BCUT2D eigenvalue weighted by molar-refractivity contribution is 9.10. The Balaban J connectivity index is 3.02. The molecule has 0 atom stereocenters. The fourth-order valence-corrected chi connectivity index (χ4v) is 2.51. The van der Waals surface area contributed by atoms with Gasteiger partial charge in [-0.05, 0) is 42.5 Å². The van der Waals surface area contributed by atoms with Crippen LogP contribution in [0, 0.1) is 5.92 Å². The van der Waals surface area contributed by atoms with Crippen LogP contribution in [0.15, 0.2) is 22.7 Å². The smallest absolute Gasteiger partial charge is 0.264 e. The average molecular weight is 348 g/mol. The molecular formula is C13H18BrNO3S. The summed E-state index contributed by atoms with van der Waals surface area (Å²) in [6.07, 6.45) is 2.65. The van der Waals surface area contributed by atoms with Crippen LogP contribution < -0.4 is 4.72 Å². The maximum absolute atomic E-state index is 11.9. The van der Waals surface area contributed by atoms with Crippen LogP contribution in [-0.2, 0) is 16.4 Å². The number of carbonyl (C=O) groups excluding carboxylic acids is 1. The van der Waals surface area contributed by atoms with Crippen molar-refractivity contribution < 1.29 is 13.2 Å². The van der Waals surface area contributed by atoms with Gasteiger partial charge in [-0.3, -0.25) is 4.79 Å². The number of hydrogen-bond donors (Lipinski definition) is 1. The second-order valence-corrected chi connectivity index (χ2v) is 7.60. The van der Waals surface area contributed by atoms with Gasteiger partial charge in [0.2, 0.25) is 10.0 Å². The van der Waals surface area contributed by atoms with Gasteiger partial charge in [-0.1, -0.05) is 29.8 Å². The monoisotopic (exact) mass is 347 g/mol. The van der Waals surface area contributed by atoms with Gasteiger partial charge in [0.15, 0.2) is 0 Å². The molecule has 0 saturated heterocycles. The molecule has 1 aromatic rings. The molecule has 4 nitrogen and oxygen atoms in total. The van der Waals surface area contributed by atoms with E-state index >= 15 is 0 Å². The van der Waals surface area contributed by atoms with Gasteiger partial charge in [0.05, 0.1) is 6.26 Å². The molecule has 0 fully saturated rings. The van der Waals surface area contributed by atoms with Crippen molar-refractivity contribution in [2.75, 3.05) is 6.26 Å². The Bertz CT molecular complexity index is 567. The van der Waals surface area contributed by atoms with E-state index in [1.165, 1.54) is 0 Å². The summed E-state index contributed by atoms with van der Waals surface area (Å²) in [6, 6.07) is 5.23. The minimum atomic E-state index is -3.54. The predicted octanol–water partition coefficient (Wildman–Crippen LogP) is 2.73. The van der Waals surface area contributed by atoms with E-state index in [-0.39, 0.29) is 0 Å². The number of nitrogens with one attached hydrogen (secondary N) is 1. The quantitative estimate of drug-likeness (QED) is 0.890. The molecule has 106 valence electrons. The zero-order chi connectivity index (χ0) is 14.6. The number of amides is 1. The molecule has 1 rings (SSSR count). The van der Waals surface area contributed by atoms with Crippen molar-refractivity contribution in [3.63, 3.8) is 0 Å². The van der Waals surface area contributed by atoms with Crippen LogP contribution in [0.25, 0.3) is 0 Å². The first kappa shape index (κ1) is 16.2. The Morgan fingerprint density at radius 3 is 2.53 bits per heavy atom. The molecule has 1 aromatic carbocycles. The van der Waals surface area contributed by atoms with Crippen molar-refractivity contribution in [1.82, 2.24) is 4.72 Å². The highest BCUT2D eigenvalue weighted by Crippen LogP contribution is 2.20. The predicted molar refractivity (Wildman–Crippen MR) is 79.6 cm³/mol. The topological polar surface area (TPSA) is 63.2 Å². The molecule has 0 aliphatic carbocycles. The van der Waals surface area contributed by atoms with Crippen molar-refractivity contribution in [1.29, 1.82) is 0 Å². The highest BCUT2D eigenvalue weighted by Gasteiger charge is 2.15. The average Bonchev–Trinajstić information content (AvgIpc) is 2.23. The first-order valence-electron chi connectivity index (χ1n) is 5.99. The third kappa shape index (κ3) is 5.74. The molecule has 0 spiro atoms. The van der Waals surface area contributed by atoms with Gasteiger partial charge >= 0.3 is 0 Å². The van der Waals surface area contributed by atoms with Gasteiger partial charge < -0.3 is 0 Å². The molecule has 0 aliphatic heterocycles. The van der Waals surface area contributed by atoms with Crippen molar-refractivity contribution >= 4 is 31.9 Å². The third-order valence-electron chi connectivity index (χ3n) is 2.58. The molecule has 1 N–H and O–H groups in total. The van der Waals surface area contributed by atoms with E-state index in [1.54, 1.807) is 12.1 Å². The first-order chi connectivity index (χ1) is 8.69. The van der Waals surface area contributed by atoms with Crippen LogP contribution in [0.1, 0.15) is 36.2 Å². The van der Waals surface area contributed by atoms with Crippen LogP contribution in [0.2, 0.25) is 0 Å². The van der Waals surface area contributed by atoms with Gasteiger partial charge in [0.1, 0.15) is 0 Å². The Kier molecular flexibility index (Phi) is 5.55. The number of benzene rings is 1. The lowest BCUT2D eigenvalue weighted by Gasteiger charge is -2.11. The summed E-state index contributed by atoms with van der Waals surface area (Å²) in [5.74, 6) is -0.0569. The zero-order valence-electron chi connectivity index (χ0n) is 11.2. The number of halogens is 1. The Labute approximate surface area is 122 Å². The second-order valence-electron chi connectivity index (χ2n) is 4.94. The first-order valence-corrected chi connectivity index (χ1v) is 8.68. The van der Waals surface area contributed by atoms with E-state index < -0.39 is 15.9 Å². The molecule has 0 heterocycles. The normalized spacial score (nSPS) is 11.6. The summed E-state index contributed by atoms with van der Waals surface area (Å²) in [6.45, 7) is 4.21. The van der Waals surface area contributed by atoms with Crippen LogP contribution in [0.4, 0.5) is 0 Å². The Morgan fingerprint density at radius 1 is 1.37 bits per heavy atom.